The fraction of sp³-hybridized carbons (Fsp3) is 0.471. The molecule has 23 heavy (non-hydrogen) atoms. The zero-order chi connectivity index (χ0) is 16.4. The summed E-state index contributed by atoms with van der Waals surface area (Å²) < 4.78 is 14.3. The van der Waals surface area contributed by atoms with Gasteiger partial charge >= 0.3 is 0 Å². The van der Waals surface area contributed by atoms with E-state index < -0.39 is 5.82 Å². The SMILES string of the molecule is CN1N=C(C(=O)N(c2ccccc2F)C2CCCC2)CCC1=O. The van der Waals surface area contributed by atoms with Crippen LogP contribution in [0.2, 0.25) is 0 Å². The third-order valence-electron chi connectivity index (χ3n) is 4.47. The number of amides is 2. The van der Waals surface area contributed by atoms with Crippen molar-refractivity contribution in [3.63, 3.8) is 0 Å². The van der Waals surface area contributed by atoms with Gasteiger partial charge in [-0.05, 0) is 25.0 Å². The number of para-hydroxylation sites is 1. The Morgan fingerprint density at radius 1 is 1.26 bits per heavy atom. The summed E-state index contributed by atoms with van der Waals surface area (Å²) in [6.45, 7) is 0. The second-order valence-electron chi connectivity index (χ2n) is 6.03. The minimum Gasteiger partial charge on any atom is -0.301 e. The second kappa shape index (κ2) is 6.48. The summed E-state index contributed by atoms with van der Waals surface area (Å²) in [4.78, 5) is 26.1. The number of rotatable bonds is 3. The van der Waals surface area contributed by atoms with Gasteiger partial charge < -0.3 is 4.90 Å². The number of hydrazone groups is 1. The molecule has 1 saturated carbocycles. The van der Waals surface area contributed by atoms with Crippen molar-refractivity contribution in [1.82, 2.24) is 5.01 Å². The molecule has 5 nitrogen and oxygen atoms in total. The molecule has 2 amide bonds. The van der Waals surface area contributed by atoms with Crippen LogP contribution in [0.15, 0.2) is 29.4 Å². The van der Waals surface area contributed by atoms with Gasteiger partial charge in [0, 0.05) is 25.9 Å². The van der Waals surface area contributed by atoms with Crippen LogP contribution in [0.1, 0.15) is 38.5 Å². The summed E-state index contributed by atoms with van der Waals surface area (Å²) in [6.07, 6.45) is 4.36. The highest BCUT2D eigenvalue weighted by Gasteiger charge is 2.33. The third-order valence-corrected chi connectivity index (χ3v) is 4.47. The second-order valence-corrected chi connectivity index (χ2v) is 6.03. The summed E-state index contributed by atoms with van der Waals surface area (Å²) >= 11 is 0. The zero-order valence-electron chi connectivity index (χ0n) is 13.2. The van der Waals surface area contributed by atoms with Crippen molar-refractivity contribution >= 4 is 23.2 Å². The molecule has 1 aliphatic heterocycles. The lowest BCUT2D eigenvalue weighted by atomic mass is 10.1. The molecule has 0 atom stereocenters. The summed E-state index contributed by atoms with van der Waals surface area (Å²) in [6, 6.07) is 6.32. The summed E-state index contributed by atoms with van der Waals surface area (Å²) in [5, 5.41) is 5.30. The molecule has 1 heterocycles. The van der Waals surface area contributed by atoms with Crippen LogP contribution in [0.5, 0.6) is 0 Å². The van der Waals surface area contributed by atoms with E-state index in [2.05, 4.69) is 5.10 Å². The molecule has 1 aliphatic carbocycles. The fourth-order valence-electron chi connectivity index (χ4n) is 3.24. The maximum atomic E-state index is 14.3. The minimum absolute atomic E-state index is 0.00923. The third kappa shape index (κ3) is 3.11. The van der Waals surface area contributed by atoms with Crippen LogP contribution < -0.4 is 4.90 Å². The fourth-order valence-corrected chi connectivity index (χ4v) is 3.24. The molecule has 0 radical (unpaired) electrons. The van der Waals surface area contributed by atoms with E-state index in [0.29, 0.717) is 17.8 Å². The minimum atomic E-state index is -0.409. The molecule has 0 aromatic heterocycles. The standard InChI is InChI=1S/C17H20FN3O2/c1-20-16(22)11-10-14(19-20)17(23)21(12-6-2-3-7-12)15-9-5-4-8-13(15)18/h4-5,8-9,12H,2-3,6-7,10-11H2,1H3. The number of hydrogen-bond donors (Lipinski definition) is 0. The van der Waals surface area contributed by atoms with Crippen molar-refractivity contribution in [2.75, 3.05) is 11.9 Å². The van der Waals surface area contributed by atoms with Crippen LogP contribution in [-0.2, 0) is 9.59 Å². The van der Waals surface area contributed by atoms with Gasteiger partial charge in [0.15, 0.2) is 0 Å². The Labute approximate surface area is 134 Å². The average molecular weight is 317 g/mol. The van der Waals surface area contributed by atoms with E-state index in [1.807, 2.05) is 0 Å². The Balaban J connectivity index is 1.95. The predicted octanol–water partition coefficient (Wildman–Crippen LogP) is 2.71. The highest BCUT2D eigenvalue weighted by molar-refractivity contribution is 6.44. The summed E-state index contributed by atoms with van der Waals surface area (Å²) in [7, 11) is 1.54. The van der Waals surface area contributed by atoms with Crippen molar-refractivity contribution in [2.45, 2.75) is 44.6 Å². The van der Waals surface area contributed by atoms with Crippen LogP contribution in [-0.4, -0.2) is 35.6 Å². The first-order valence-electron chi connectivity index (χ1n) is 8.00. The maximum Gasteiger partial charge on any atom is 0.274 e. The number of anilines is 1. The first-order chi connectivity index (χ1) is 11.1. The van der Waals surface area contributed by atoms with E-state index >= 15 is 0 Å². The molecular weight excluding hydrogens is 297 g/mol. The molecule has 0 unspecified atom stereocenters. The van der Waals surface area contributed by atoms with Crippen molar-refractivity contribution < 1.29 is 14.0 Å². The number of benzene rings is 1. The monoisotopic (exact) mass is 317 g/mol. The number of halogens is 1. The lowest BCUT2D eigenvalue weighted by Crippen LogP contribution is -2.45. The van der Waals surface area contributed by atoms with E-state index in [9.17, 15) is 14.0 Å². The Bertz CT molecular complexity index is 653. The molecule has 0 spiro atoms. The number of carbonyl (C=O) groups excluding carboxylic acids is 2. The van der Waals surface area contributed by atoms with E-state index in [-0.39, 0.29) is 24.3 Å². The van der Waals surface area contributed by atoms with Crippen molar-refractivity contribution in [3.8, 4) is 0 Å². The quantitative estimate of drug-likeness (QED) is 0.860. The first kappa shape index (κ1) is 15.6. The van der Waals surface area contributed by atoms with E-state index in [4.69, 9.17) is 0 Å². The first-order valence-corrected chi connectivity index (χ1v) is 8.00. The smallest absolute Gasteiger partial charge is 0.274 e. The lowest BCUT2D eigenvalue weighted by molar-refractivity contribution is -0.130. The topological polar surface area (TPSA) is 53.0 Å². The normalized spacial score (nSPS) is 19.0. The zero-order valence-corrected chi connectivity index (χ0v) is 13.2. The van der Waals surface area contributed by atoms with Gasteiger partial charge in [-0.1, -0.05) is 25.0 Å². The molecule has 1 aromatic carbocycles. The summed E-state index contributed by atoms with van der Waals surface area (Å²) in [5.41, 5.74) is 0.619. The van der Waals surface area contributed by atoms with Gasteiger partial charge in [-0.3, -0.25) is 9.59 Å². The predicted molar refractivity (Wildman–Crippen MR) is 85.6 cm³/mol. The van der Waals surface area contributed by atoms with Gasteiger partial charge in [-0.25, -0.2) is 9.40 Å². The van der Waals surface area contributed by atoms with Crippen LogP contribution in [0.25, 0.3) is 0 Å². The van der Waals surface area contributed by atoms with Gasteiger partial charge in [-0.2, -0.15) is 5.10 Å². The Kier molecular flexibility index (Phi) is 4.41. The maximum absolute atomic E-state index is 14.3. The van der Waals surface area contributed by atoms with Crippen molar-refractivity contribution in [3.05, 3.63) is 30.1 Å². The van der Waals surface area contributed by atoms with Gasteiger partial charge in [0.25, 0.3) is 5.91 Å². The van der Waals surface area contributed by atoms with Crippen LogP contribution >= 0.6 is 0 Å². The van der Waals surface area contributed by atoms with Crippen molar-refractivity contribution in [2.24, 2.45) is 5.10 Å². The molecule has 1 aromatic rings. The van der Waals surface area contributed by atoms with Crippen LogP contribution in [0.4, 0.5) is 10.1 Å². The Morgan fingerprint density at radius 3 is 2.61 bits per heavy atom. The molecule has 6 heteroatoms. The molecule has 3 rings (SSSR count). The van der Waals surface area contributed by atoms with E-state index in [1.54, 1.807) is 23.1 Å². The number of hydrogen-bond acceptors (Lipinski definition) is 3. The van der Waals surface area contributed by atoms with Gasteiger partial charge in [0.2, 0.25) is 5.91 Å². The average Bonchev–Trinajstić information content (AvgIpc) is 3.06. The van der Waals surface area contributed by atoms with Crippen LogP contribution in [0.3, 0.4) is 0 Å². The van der Waals surface area contributed by atoms with Gasteiger partial charge in [0.1, 0.15) is 11.5 Å². The summed E-state index contributed by atoms with van der Waals surface area (Å²) in [5.74, 6) is -0.810. The molecular formula is C17H20FN3O2. The highest BCUT2D eigenvalue weighted by Crippen LogP contribution is 2.30. The lowest BCUT2D eigenvalue weighted by Gasteiger charge is -2.31. The highest BCUT2D eigenvalue weighted by atomic mass is 19.1. The van der Waals surface area contributed by atoms with Crippen molar-refractivity contribution in [1.29, 1.82) is 0 Å². The van der Waals surface area contributed by atoms with Gasteiger partial charge in [0.05, 0.1) is 5.69 Å². The van der Waals surface area contributed by atoms with Crippen LogP contribution in [0, 0.1) is 5.82 Å². The Hall–Kier alpha value is -2.24. The molecule has 122 valence electrons. The molecule has 0 N–H and O–H groups in total. The largest absolute Gasteiger partial charge is 0.301 e. The molecule has 0 saturated heterocycles. The van der Waals surface area contributed by atoms with E-state index in [1.165, 1.54) is 18.1 Å². The molecule has 0 bridgehead atoms. The number of carbonyl (C=O) groups is 2. The Morgan fingerprint density at radius 2 is 1.96 bits per heavy atom. The van der Waals surface area contributed by atoms with Gasteiger partial charge in [-0.15, -0.1) is 0 Å². The number of nitrogens with zero attached hydrogens (tertiary/aromatic N) is 3. The van der Waals surface area contributed by atoms with E-state index in [0.717, 1.165) is 25.7 Å². The molecule has 2 aliphatic rings. The molecule has 1 fully saturated rings.